The zero-order valence-corrected chi connectivity index (χ0v) is 19.8. The van der Waals surface area contributed by atoms with Crippen molar-refractivity contribution in [3.8, 4) is 0 Å². The van der Waals surface area contributed by atoms with Crippen LogP contribution in [0.15, 0.2) is 27.6 Å². The molecule has 2 fully saturated rings. The number of benzene rings is 1. The van der Waals surface area contributed by atoms with Gasteiger partial charge in [-0.05, 0) is 38.8 Å². The Kier molecular flexibility index (Phi) is 6.86. The fourth-order valence-electron chi connectivity index (χ4n) is 4.28. The number of aromatic nitrogens is 1. The highest BCUT2D eigenvalue weighted by Crippen LogP contribution is 2.34. The lowest BCUT2D eigenvalue weighted by molar-refractivity contribution is -0.384. The SMILES string of the molecule is Cc1noc(C)c1NC(=O)C1CCN(c2ccc(S(=O)(=O)N3CCOCC3)cc2[N+](=O)[O-])CC1. The molecule has 4 rings (SSSR count). The molecule has 0 spiro atoms. The van der Waals surface area contributed by atoms with Gasteiger partial charge in [0.15, 0.2) is 5.76 Å². The molecule has 34 heavy (non-hydrogen) atoms. The van der Waals surface area contributed by atoms with Crippen molar-refractivity contribution in [3.63, 3.8) is 0 Å². The molecule has 2 aliphatic rings. The summed E-state index contributed by atoms with van der Waals surface area (Å²) in [6.07, 6.45) is 1.00. The van der Waals surface area contributed by atoms with Crippen LogP contribution in [0.2, 0.25) is 0 Å². The van der Waals surface area contributed by atoms with Crippen LogP contribution in [-0.4, -0.2) is 68.1 Å². The molecule has 0 radical (unpaired) electrons. The molecule has 13 heteroatoms. The zero-order valence-electron chi connectivity index (χ0n) is 19.0. The number of hydrogen-bond acceptors (Lipinski definition) is 9. The van der Waals surface area contributed by atoms with Crippen LogP contribution in [0.4, 0.5) is 17.1 Å². The molecule has 184 valence electrons. The lowest BCUT2D eigenvalue weighted by atomic mass is 9.95. The van der Waals surface area contributed by atoms with Gasteiger partial charge in [0.1, 0.15) is 17.1 Å². The van der Waals surface area contributed by atoms with Gasteiger partial charge in [0, 0.05) is 38.2 Å². The van der Waals surface area contributed by atoms with Gasteiger partial charge in [-0.3, -0.25) is 14.9 Å². The summed E-state index contributed by atoms with van der Waals surface area (Å²) >= 11 is 0. The fraction of sp³-hybridized carbons (Fsp3) is 0.524. The highest BCUT2D eigenvalue weighted by molar-refractivity contribution is 7.89. The molecule has 1 amide bonds. The minimum atomic E-state index is -3.85. The summed E-state index contributed by atoms with van der Waals surface area (Å²) in [6.45, 7) is 5.32. The van der Waals surface area contributed by atoms with E-state index in [1.54, 1.807) is 13.8 Å². The number of carbonyl (C=O) groups excluding carboxylic acids is 1. The van der Waals surface area contributed by atoms with Gasteiger partial charge >= 0.3 is 0 Å². The molecule has 0 unspecified atom stereocenters. The van der Waals surface area contributed by atoms with Crippen molar-refractivity contribution in [3.05, 3.63) is 39.8 Å². The molecule has 0 saturated carbocycles. The molecule has 1 aromatic carbocycles. The van der Waals surface area contributed by atoms with E-state index in [2.05, 4.69) is 10.5 Å². The zero-order chi connectivity index (χ0) is 24.5. The van der Waals surface area contributed by atoms with E-state index in [4.69, 9.17) is 9.26 Å². The second kappa shape index (κ2) is 9.68. The summed E-state index contributed by atoms with van der Waals surface area (Å²) in [5.41, 5.74) is 1.25. The normalized spacial score (nSPS) is 18.1. The molecular formula is C21H27N5O7S. The van der Waals surface area contributed by atoms with Gasteiger partial charge in [-0.25, -0.2) is 8.42 Å². The molecule has 1 aromatic heterocycles. The number of hydrogen-bond donors (Lipinski definition) is 1. The third-order valence-electron chi connectivity index (χ3n) is 6.24. The Morgan fingerprint density at radius 2 is 1.85 bits per heavy atom. The maximum atomic E-state index is 12.9. The number of nitrogens with zero attached hydrogens (tertiary/aromatic N) is 4. The van der Waals surface area contributed by atoms with Crippen LogP contribution in [0.1, 0.15) is 24.3 Å². The maximum absolute atomic E-state index is 12.9. The van der Waals surface area contributed by atoms with Crippen LogP contribution in [0.5, 0.6) is 0 Å². The number of morpholine rings is 1. The van der Waals surface area contributed by atoms with Crippen molar-refractivity contribution in [1.82, 2.24) is 9.46 Å². The van der Waals surface area contributed by atoms with Crippen LogP contribution in [0.25, 0.3) is 0 Å². The van der Waals surface area contributed by atoms with E-state index in [0.29, 0.717) is 48.8 Å². The van der Waals surface area contributed by atoms with Gasteiger partial charge in [0.25, 0.3) is 5.69 Å². The first-order chi connectivity index (χ1) is 16.2. The van der Waals surface area contributed by atoms with E-state index in [1.807, 2.05) is 4.90 Å². The molecule has 12 nitrogen and oxygen atoms in total. The molecular weight excluding hydrogens is 466 g/mol. The first-order valence-corrected chi connectivity index (χ1v) is 12.5. The Hall–Kier alpha value is -3.03. The predicted octanol–water partition coefficient (Wildman–Crippen LogP) is 2.08. The summed E-state index contributed by atoms with van der Waals surface area (Å²) < 4.78 is 37.4. The van der Waals surface area contributed by atoms with Crippen molar-refractivity contribution < 1.29 is 27.4 Å². The Morgan fingerprint density at radius 3 is 2.44 bits per heavy atom. The number of piperidine rings is 1. The highest BCUT2D eigenvalue weighted by Gasteiger charge is 2.32. The number of ether oxygens (including phenoxy) is 1. The van der Waals surface area contributed by atoms with E-state index >= 15 is 0 Å². The second-order valence-electron chi connectivity index (χ2n) is 8.37. The van der Waals surface area contributed by atoms with E-state index in [-0.39, 0.29) is 48.7 Å². The molecule has 0 bridgehead atoms. The second-order valence-corrected chi connectivity index (χ2v) is 10.3. The van der Waals surface area contributed by atoms with Crippen LogP contribution in [0.3, 0.4) is 0 Å². The van der Waals surface area contributed by atoms with Crippen molar-refractivity contribution in [1.29, 1.82) is 0 Å². The standard InChI is InChI=1S/C21H27N5O7S/c1-14-20(15(2)33-23-14)22-21(27)16-5-7-24(8-6-16)18-4-3-17(13-19(18)26(28)29)34(30,31)25-9-11-32-12-10-25/h3-4,13,16H,5-12H2,1-2H3,(H,22,27). The molecule has 0 atom stereocenters. The smallest absolute Gasteiger partial charge is 0.293 e. The number of nitro benzene ring substituents is 1. The molecule has 2 saturated heterocycles. The van der Waals surface area contributed by atoms with Crippen LogP contribution in [-0.2, 0) is 19.6 Å². The minimum absolute atomic E-state index is 0.112. The molecule has 2 aromatic rings. The number of amides is 1. The summed E-state index contributed by atoms with van der Waals surface area (Å²) in [5.74, 6) is 0.131. The summed E-state index contributed by atoms with van der Waals surface area (Å²) in [7, 11) is -3.85. The van der Waals surface area contributed by atoms with Gasteiger partial charge in [-0.15, -0.1) is 0 Å². The number of nitro groups is 1. The Balaban J connectivity index is 1.47. The van der Waals surface area contributed by atoms with Gasteiger partial charge in [0.2, 0.25) is 15.9 Å². The number of sulfonamides is 1. The van der Waals surface area contributed by atoms with E-state index < -0.39 is 14.9 Å². The first-order valence-electron chi connectivity index (χ1n) is 11.0. The summed E-state index contributed by atoms with van der Waals surface area (Å²) in [6, 6.07) is 4.01. The fourth-order valence-corrected chi connectivity index (χ4v) is 5.71. The Bertz CT molecular complexity index is 1160. The number of aryl methyl sites for hydroxylation is 2. The quantitative estimate of drug-likeness (QED) is 0.471. The lowest BCUT2D eigenvalue weighted by Gasteiger charge is -2.33. The first kappa shape index (κ1) is 24.1. The number of nitrogens with one attached hydrogen (secondary N) is 1. The number of carbonyl (C=O) groups is 1. The third-order valence-corrected chi connectivity index (χ3v) is 8.13. The lowest BCUT2D eigenvalue weighted by Crippen LogP contribution is -2.40. The Morgan fingerprint density at radius 1 is 1.18 bits per heavy atom. The average Bonchev–Trinajstić information content (AvgIpc) is 3.16. The van der Waals surface area contributed by atoms with Crippen molar-refractivity contribution in [2.75, 3.05) is 49.6 Å². The summed E-state index contributed by atoms with van der Waals surface area (Å²) in [4.78, 5) is 25.7. The van der Waals surface area contributed by atoms with Crippen molar-refractivity contribution >= 4 is 33.0 Å². The predicted molar refractivity (Wildman–Crippen MR) is 122 cm³/mol. The monoisotopic (exact) mass is 493 g/mol. The van der Waals surface area contributed by atoms with Gasteiger partial charge < -0.3 is 19.5 Å². The van der Waals surface area contributed by atoms with Crippen LogP contribution in [0, 0.1) is 29.9 Å². The largest absolute Gasteiger partial charge is 0.379 e. The van der Waals surface area contributed by atoms with E-state index in [9.17, 15) is 23.3 Å². The van der Waals surface area contributed by atoms with Crippen LogP contribution < -0.4 is 10.2 Å². The van der Waals surface area contributed by atoms with Crippen molar-refractivity contribution in [2.24, 2.45) is 5.92 Å². The van der Waals surface area contributed by atoms with Crippen molar-refractivity contribution in [2.45, 2.75) is 31.6 Å². The Labute approximate surface area is 197 Å². The van der Waals surface area contributed by atoms with E-state index in [1.165, 1.54) is 16.4 Å². The number of anilines is 2. The van der Waals surface area contributed by atoms with E-state index in [0.717, 1.165) is 6.07 Å². The molecule has 0 aliphatic carbocycles. The topological polar surface area (TPSA) is 148 Å². The summed E-state index contributed by atoms with van der Waals surface area (Å²) in [5, 5.41) is 18.5. The third kappa shape index (κ3) is 4.76. The number of rotatable bonds is 6. The maximum Gasteiger partial charge on any atom is 0.293 e. The molecule has 1 N–H and O–H groups in total. The minimum Gasteiger partial charge on any atom is -0.379 e. The highest BCUT2D eigenvalue weighted by atomic mass is 32.2. The molecule has 3 heterocycles. The average molecular weight is 494 g/mol. The van der Waals surface area contributed by atoms with Crippen LogP contribution >= 0.6 is 0 Å². The van der Waals surface area contributed by atoms with Gasteiger partial charge in [-0.1, -0.05) is 5.16 Å². The van der Waals surface area contributed by atoms with Gasteiger partial charge in [-0.2, -0.15) is 4.31 Å². The van der Waals surface area contributed by atoms with Gasteiger partial charge in [0.05, 0.1) is 23.0 Å². The molecule has 2 aliphatic heterocycles.